The Labute approximate surface area is 161 Å². The van der Waals surface area contributed by atoms with Crippen molar-refractivity contribution in [3.05, 3.63) is 23.8 Å². The third-order valence-electron chi connectivity index (χ3n) is 4.66. The number of guanidine groups is 1. The second kappa shape index (κ2) is 10.5. The number of hydrogen-bond acceptors (Lipinski definition) is 5. The van der Waals surface area contributed by atoms with Crippen LogP contribution in [0.15, 0.2) is 23.2 Å². The van der Waals surface area contributed by atoms with E-state index in [9.17, 15) is 0 Å². The minimum atomic E-state index is 0.215. The lowest BCUT2D eigenvalue weighted by Gasteiger charge is -2.36. The fraction of sp³-hybridized carbons (Fsp3) is 0.632. The van der Waals surface area contributed by atoms with Crippen molar-refractivity contribution in [2.24, 2.45) is 4.99 Å². The van der Waals surface area contributed by atoms with E-state index >= 15 is 0 Å². The fourth-order valence-electron chi connectivity index (χ4n) is 2.93. The summed E-state index contributed by atoms with van der Waals surface area (Å²) in [6, 6.07) is 5.81. The highest BCUT2D eigenvalue weighted by molar-refractivity contribution is 8.00. The smallest absolute Gasteiger partial charge is 0.191 e. The summed E-state index contributed by atoms with van der Waals surface area (Å²) in [5.74, 6) is 2.39. The number of methoxy groups -OCH3 is 2. The first-order chi connectivity index (χ1) is 12.7. The molecule has 0 aromatic heterocycles. The Hall–Kier alpha value is -1.60. The van der Waals surface area contributed by atoms with E-state index in [1.54, 1.807) is 14.2 Å². The molecule has 0 spiro atoms. The van der Waals surface area contributed by atoms with Gasteiger partial charge in [0, 0.05) is 42.7 Å². The first-order valence-electron chi connectivity index (χ1n) is 9.02. The van der Waals surface area contributed by atoms with Crippen molar-refractivity contribution in [3.63, 3.8) is 0 Å². The normalized spacial score (nSPS) is 16.8. The van der Waals surface area contributed by atoms with Gasteiger partial charge in [-0.15, -0.1) is 0 Å². The summed E-state index contributed by atoms with van der Waals surface area (Å²) in [6.07, 6.45) is 4.30. The van der Waals surface area contributed by atoms with Crippen LogP contribution in [0.3, 0.4) is 0 Å². The predicted octanol–water partition coefficient (Wildman–Crippen LogP) is 2.67. The number of aliphatic imine (C=N–C) groups is 1. The summed E-state index contributed by atoms with van der Waals surface area (Å²) >= 11 is 1.92. The number of thioether (sulfide) groups is 1. The average Bonchev–Trinajstić information content (AvgIpc) is 2.70. The van der Waals surface area contributed by atoms with Crippen LogP contribution in [0, 0.1) is 0 Å². The van der Waals surface area contributed by atoms with Gasteiger partial charge in [0.1, 0.15) is 11.5 Å². The van der Waals surface area contributed by atoms with Crippen LogP contribution in [0.25, 0.3) is 0 Å². The lowest BCUT2D eigenvalue weighted by molar-refractivity contribution is 0.0783. The Morgan fingerprint density at radius 3 is 2.62 bits per heavy atom. The highest BCUT2D eigenvalue weighted by Gasteiger charge is 2.31. The van der Waals surface area contributed by atoms with Gasteiger partial charge in [0.25, 0.3) is 0 Å². The topological polar surface area (TPSA) is 64.1 Å². The minimum Gasteiger partial charge on any atom is -0.497 e. The standard InChI is InChI=1S/C19H31N3O3S/c1-5-20-18(22-14-19(26-4)8-10-25-11-9-19)21-13-15-6-7-16(23-2)12-17(15)24-3/h6-7,12H,5,8-11,13-14H2,1-4H3,(H2,20,21,22). The van der Waals surface area contributed by atoms with Crippen LogP contribution >= 0.6 is 11.8 Å². The molecule has 1 fully saturated rings. The quantitative estimate of drug-likeness (QED) is 0.533. The summed E-state index contributed by atoms with van der Waals surface area (Å²) in [7, 11) is 3.32. The molecule has 1 aliphatic rings. The molecular weight excluding hydrogens is 350 g/mol. The van der Waals surface area contributed by atoms with Crippen molar-refractivity contribution >= 4 is 17.7 Å². The van der Waals surface area contributed by atoms with Crippen LogP contribution in [0.5, 0.6) is 11.5 Å². The maximum Gasteiger partial charge on any atom is 0.191 e. The van der Waals surface area contributed by atoms with E-state index in [0.29, 0.717) is 6.54 Å². The average molecular weight is 382 g/mol. The fourth-order valence-corrected chi connectivity index (χ4v) is 3.72. The second-order valence-corrected chi connectivity index (χ2v) is 7.50. The molecule has 26 heavy (non-hydrogen) atoms. The molecule has 146 valence electrons. The first-order valence-corrected chi connectivity index (χ1v) is 10.2. The van der Waals surface area contributed by atoms with Crippen LogP contribution in [0.1, 0.15) is 25.3 Å². The molecule has 0 atom stereocenters. The van der Waals surface area contributed by atoms with E-state index in [2.05, 4.69) is 23.8 Å². The largest absolute Gasteiger partial charge is 0.497 e. The third-order valence-corrected chi connectivity index (χ3v) is 6.08. The van der Waals surface area contributed by atoms with Crippen LogP contribution in [0.2, 0.25) is 0 Å². The van der Waals surface area contributed by atoms with Crippen molar-refractivity contribution in [3.8, 4) is 11.5 Å². The zero-order valence-electron chi connectivity index (χ0n) is 16.3. The third kappa shape index (κ3) is 5.71. The molecule has 0 radical (unpaired) electrons. The summed E-state index contributed by atoms with van der Waals surface area (Å²) in [5, 5.41) is 6.84. The summed E-state index contributed by atoms with van der Waals surface area (Å²) in [6.45, 7) is 5.98. The maximum absolute atomic E-state index is 5.52. The molecule has 1 aromatic carbocycles. The SMILES string of the molecule is CCNC(=NCc1ccc(OC)cc1OC)NCC1(SC)CCOCC1. The van der Waals surface area contributed by atoms with Crippen LogP contribution in [-0.2, 0) is 11.3 Å². The molecule has 0 bridgehead atoms. The summed E-state index contributed by atoms with van der Waals surface area (Å²) < 4.78 is 16.4. The lowest BCUT2D eigenvalue weighted by Crippen LogP contribution is -2.47. The highest BCUT2D eigenvalue weighted by atomic mass is 32.2. The van der Waals surface area contributed by atoms with Gasteiger partial charge in [-0.3, -0.25) is 0 Å². The van der Waals surface area contributed by atoms with Crippen LogP contribution in [-0.4, -0.2) is 57.5 Å². The highest BCUT2D eigenvalue weighted by Crippen LogP contribution is 2.33. The van der Waals surface area contributed by atoms with Gasteiger partial charge < -0.3 is 24.8 Å². The lowest BCUT2D eigenvalue weighted by atomic mass is 9.99. The van der Waals surface area contributed by atoms with Gasteiger partial charge in [-0.2, -0.15) is 11.8 Å². The minimum absolute atomic E-state index is 0.215. The van der Waals surface area contributed by atoms with Crippen molar-refractivity contribution < 1.29 is 14.2 Å². The molecule has 1 aliphatic heterocycles. The maximum atomic E-state index is 5.52. The zero-order valence-corrected chi connectivity index (χ0v) is 17.1. The Morgan fingerprint density at radius 2 is 2.00 bits per heavy atom. The molecule has 1 saturated heterocycles. The van der Waals surface area contributed by atoms with E-state index in [1.165, 1.54) is 0 Å². The Balaban J connectivity index is 2.04. The first kappa shape index (κ1) is 20.7. The molecular formula is C19H31N3O3S. The van der Waals surface area contributed by atoms with Crippen molar-refractivity contribution in [1.29, 1.82) is 0 Å². The molecule has 0 saturated carbocycles. The van der Waals surface area contributed by atoms with Gasteiger partial charge in [0.15, 0.2) is 5.96 Å². The van der Waals surface area contributed by atoms with E-state index in [0.717, 1.165) is 62.2 Å². The molecule has 1 heterocycles. The number of hydrogen-bond donors (Lipinski definition) is 2. The predicted molar refractivity (Wildman–Crippen MR) is 109 cm³/mol. The van der Waals surface area contributed by atoms with E-state index < -0.39 is 0 Å². The van der Waals surface area contributed by atoms with E-state index in [-0.39, 0.29) is 4.75 Å². The summed E-state index contributed by atoms with van der Waals surface area (Å²) in [4.78, 5) is 4.73. The van der Waals surface area contributed by atoms with Crippen LogP contribution < -0.4 is 20.1 Å². The number of rotatable bonds is 8. The molecule has 6 nitrogen and oxygen atoms in total. The van der Waals surface area contributed by atoms with Crippen molar-refractivity contribution in [1.82, 2.24) is 10.6 Å². The molecule has 7 heteroatoms. The van der Waals surface area contributed by atoms with Gasteiger partial charge in [-0.25, -0.2) is 4.99 Å². The Kier molecular flexibility index (Phi) is 8.38. The number of benzene rings is 1. The second-order valence-electron chi connectivity index (χ2n) is 6.23. The van der Waals surface area contributed by atoms with Crippen LogP contribution in [0.4, 0.5) is 0 Å². The molecule has 1 aromatic rings. The molecule has 2 rings (SSSR count). The van der Waals surface area contributed by atoms with Gasteiger partial charge in [0.2, 0.25) is 0 Å². The zero-order chi connectivity index (χ0) is 18.8. The Bertz CT molecular complexity index is 589. The molecule has 0 amide bonds. The summed E-state index contributed by atoms with van der Waals surface area (Å²) in [5.41, 5.74) is 1.02. The van der Waals surface area contributed by atoms with Gasteiger partial charge in [0.05, 0.1) is 20.8 Å². The van der Waals surface area contributed by atoms with E-state index in [4.69, 9.17) is 19.2 Å². The Morgan fingerprint density at radius 1 is 1.23 bits per heavy atom. The molecule has 2 N–H and O–H groups in total. The number of nitrogens with zero attached hydrogens (tertiary/aromatic N) is 1. The molecule has 0 aliphatic carbocycles. The van der Waals surface area contributed by atoms with Crippen molar-refractivity contribution in [2.75, 3.05) is 46.8 Å². The monoisotopic (exact) mass is 381 g/mol. The van der Waals surface area contributed by atoms with Crippen molar-refractivity contribution in [2.45, 2.75) is 31.1 Å². The number of nitrogens with one attached hydrogen (secondary N) is 2. The van der Waals surface area contributed by atoms with Gasteiger partial charge in [-0.1, -0.05) is 0 Å². The van der Waals surface area contributed by atoms with E-state index in [1.807, 2.05) is 30.0 Å². The van der Waals surface area contributed by atoms with Gasteiger partial charge in [-0.05, 0) is 38.2 Å². The van der Waals surface area contributed by atoms with Gasteiger partial charge >= 0.3 is 0 Å². The molecule has 0 unspecified atom stereocenters. The number of ether oxygens (including phenoxy) is 3.